The molecule has 0 spiro atoms. The lowest BCUT2D eigenvalue weighted by molar-refractivity contribution is 0.250. The number of halogens is 1. The summed E-state index contributed by atoms with van der Waals surface area (Å²) in [5, 5.41) is 3.11. The second-order valence-electron chi connectivity index (χ2n) is 6.27. The molecular formula is C20H20FN3S. The van der Waals surface area contributed by atoms with Crippen LogP contribution in [0.25, 0.3) is 11.3 Å². The molecule has 0 atom stereocenters. The fraction of sp³-hybridized carbons (Fsp3) is 0.250. The Labute approximate surface area is 151 Å². The molecule has 25 heavy (non-hydrogen) atoms. The number of piperazine rings is 1. The second-order valence-corrected chi connectivity index (χ2v) is 7.11. The molecule has 1 aliphatic rings. The summed E-state index contributed by atoms with van der Waals surface area (Å²) in [4.78, 5) is 9.58. The van der Waals surface area contributed by atoms with Crippen LogP contribution >= 0.6 is 11.3 Å². The van der Waals surface area contributed by atoms with Gasteiger partial charge in [-0.3, -0.25) is 4.90 Å². The first-order valence-corrected chi connectivity index (χ1v) is 9.38. The minimum absolute atomic E-state index is 0.214. The van der Waals surface area contributed by atoms with E-state index in [0.29, 0.717) is 0 Å². The third-order valence-corrected chi connectivity index (χ3v) is 5.43. The third kappa shape index (κ3) is 3.89. The van der Waals surface area contributed by atoms with Gasteiger partial charge in [0, 0.05) is 43.7 Å². The van der Waals surface area contributed by atoms with Crippen LogP contribution in [0.5, 0.6) is 0 Å². The molecule has 3 aromatic rings. The highest BCUT2D eigenvalue weighted by molar-refractivity contribution is 7.14. The predicted molar refractivity (Wildman–Crippen MR) is 101 cm³/mol. The summed E-state index contributed by atoms with van der Waals surface area (Å²) in [6.07, 6.45) is 0. The SMILES string of the molecule is Fc1ccc(-c2csc(N3CCN(Cc4ccccc4)CC3)n2)cc1. The maximum atomic E-state index is 13.1. The Morgan fingerprint density at radius 3 is 2.36 bits per heavy atom. The molecule has 0 bridgehead atoms. The zero-order chi connectivity index (χ0) is 17.1. The molecule has 5 heteroatoms. The summed E-state index contributed by atoms with van der Waals surface area (Å²) in [5.74, 6) is -0.214. The van der Waals surface area contributed by atoms with E-state index in [-0.39, 0.29) is 5.82 Å². The first kappa shape index (κ1) is 16.2. The molecule has 128 valence electrons. The van der Waals surface area contributed by atoms with E-state index < -0.39 is 0 Å². The largest absolute Gasteiger partial charge is 0.346 e. The summed E-state index contributed by atoms with van der Waals surface area (Å²) in [7, 11) is 0. The Kier molecular flexibility index (Phi) is 4.76. The van der Waals surface area contributed by atoms with Gasteiger partial charge in [0.1, 0.15) is 5.82 Å². The van der Waals surface area contributed by atoms with Crippen molar-refractivity contribution in [1.82, 2.24) is 9.88 Å². The quantitative estimate of drug-likeness (QED) is 0.698. The smallest absolute Gasteiger partial charge is 0.185 e. The van der Waals surface area contributed by atoms with Gasteiger partial charge in [-0.15, -0.1) is 11.3 Å². The van der Waals surface area contributed by atoms with Gasteiger partial charge in [0.25, 0.3) is 0 Å². The Morgan fingerprint density at radius 1 is 0.920 bits per heavy atom. The first-order valence-electron chi connectivity index (χ1n) is 8.51. The van der Waals surface area contributed by atoms with Crippen molar-refractivity contribution in [1.29, 1.82) is 0 Å². The number of hydrogen-bond donors (Lipinski definition) is 0. The second kappa shape index (κ2) is 7.33. The number of aromatic nitrogens is 1. The van der Waals surface area contributed by atoms with Crippen molar-refractivity contribution < 1.29 is 4.39 Å². The van der Waals surface area contributed by atoms with Gasteiger partial charge >= 0.3 is 0 Å². The maximum absolute atomic E-state index is 13.1. The van der Waals surface area contributed by atoms with Crippen molar-refractivity contribution >= 4 is 16.5 Å². The van der Waals surface area contributed by atoms with Gasteiger partial charge in [0.2, 0.25) is 0 Å². The number of anilines is 1. The van der Waals surface area contributed by atoms with Crippen LogP contribution in [0.3, 0.4) is 0 Å². The molecule has 1 saturated heterocycles. The minimum atomic E-state index is -0.214. The van der Waals surface area contributed by atoms with Crippen LogP contribution < -0.4 is 4.90 Å². The van der Waals surface area contributed by atoms with Crippen LogP contribution in [0, 0.1) is 5.82 Å². The molecule has 0 N–H and O–H groups in total. The van der Waals surface area contributed by atoms with Crippen molar-refractivity contribution in [3.05, 3.63) is 71.4 Å². The third-order valence-electron chi connectivity index (χ3n) is 4.52. The van der Waals surface area contributed by atoms with Crippen LogP contribution in [-0.2, 0) is 6.54 Å². The van der Waals surface area contributed by atoms with Crippen LogP contribution in [0.4, 0.5) is 9.52 Å². The van der Waals surface area contributed by atoms with Gasteiger partial charge in [0.05, 0.1) is 5.69 Å². The highest BCUT2D eigenvalue weighted by Gasteiger charge is 2.19. The Bertz CT molecular complexity index is 808. The van der Waals surface area contributed by atoms with Gasteiger partial charge in [-0.1, -0.05) is 30.3 Å². The maximum Gasteiger partial charge on any atom is 0.185 e. The van der Waals surface area contributed by atoms with Crippen LogP contribution in [0.1, 0.15) is 5.56 Å². The highest BCUT2D eigenvalue weighted by atomic mass is 32.1. The monoisotopic (exact) mass is 353 g/mol. The normalized spacial score (nSPS) is 15.5. The predicted octanol–water partition coefficient (Wildman–Crippen LogP) is 4.27. The van der Waals surface area contributed by atoms with Crippen molar-refractivity contribution in [2.24, 2.45) is 0 Å². The standard InChI is InChI=1S/C20H20FN3S/c21-18-8-6-17(7-9-18)19-15-25-20(22-19)24-12-10-23(11-13-24)14-16-4-2-1-3-5-16/h1-9,15H,10-14H2. The molecule has 3 nitrogen and oxygen atoms in total. The number of thiazole rings is 1. The van der Waals surface area contributed by atoms with E-state index in [1.807, 2.05) is 0 Å². The number of nitrogens with zero attached hydrogens (tertiary/aromatic N) is 3. The molecule has 1 fully saturated rings. The molecule has 0 saturated carbocycles. The van der Waals surface area contributed by atoms with Gasteiger partial charge in [-0.2, -0.15) is 0 Å². The van der Waals surface area contributed by atoms with E-state index in [1.54, 1.807) is 23.5 Å². The van der Waals surface area contributed by atoms with E-state index in [0.717, 1.165) is 49.1 Å². The Hall–Kier alpha value is -2.24. The lowest BCUT2D eigenvalue weighted by Crippen LogP contribution is -2.45. The van der Waals surface area contributed by atoms with Crippen molar-refractivity contribution in [3.63, 3.8) is 0 Å². The summed E-state index contributed by atoms with van der Waals surface area (Å²) < 4.78 is 13.1. The number of hydrogen-bond acceptors (Lipinski definition) is 4. The summed E-state index contributed by atoms with van der Waals surface area (Å²) in [5.41, 5.74) is 3.25. The highest BCUT2D eigenvalue weighted by Crippen LogP contribution is 2.28. The lowest BCUT2D eigenvalue weighted by atomic mass is 10.2. The van der Waals surface area contributed by atoms with Gasteiger partial charge < -0.3 is 4.90 Å². The van der Waals surface area contributed by atoms with E-state index in [1.165, 1.54) is 17.7 Å². The summed E-state index contributed by atoms with van der Waals surface area (Å²) >= 11 is 1.66. The molecule has 1 aromatic heterocycles. The average Bonchev–Trinajstić information content (AvgIpc) is 3.14. The summed E-state index contributed by atoms with van der Waals surface area (Å²) in [6, 6.07) is 17.1. The van der Waals surface area contributed by atoms with Crippen LogP contribution in [-0.4, -0.2) is 36.1 Å². The fourth-order valence-electron chi connectivity index (χ4n) is 3.10. The van der Waals surface area contributed by atoms with Crippen LogP contribution in [0.15, 0.2) is 60.0 Å². The van der Waals surface area contributed by atoms with Crippen LogP contribution in [0.2, 0.25) is 0 Å². The molecule has 0 amide bonds. The molecule has 1 aliphatic heterocycles. The molecule has 2 heterocycles. The Balaban J connectivity index is 1.37. The van der Waals surface area contributed by atoms with Gasteiger partial charge in [-0.25, -0.2) is 9.37 Å². The van der Waals surface area contributed by atoms with E-state index in [4.69, 9.17) is 4.98 Å². The average molecular weight is 353 g/mol. The first-order chi connectivity index (χ1) is 12.3. The zero-order valence-corrected chi connectivity index (χ0v) is 14.8. The number of rotatable bonds is 4. The minimum Gasteiger partial charge on any atom is -0.346 e. The van der Waals surface area contributed by atoms with Crippen molar-refractivity contribution in [3.8, 4) is 11.3 Å². The number of benzene rings is 2. The molecule has 0 aliphatic carbocycles. The van der Waals surface area contributed by atoms with Crippen molar-refractivity contribution in [2.45, 2.75) is 6.54 Å². The lowest BCUT2D eigenvalue weighted by Gasteiger charge is -2.34. The molecule has 0 radical (unpaired) electrons. The summed E-state index contributed by atoms with van der Waals surface area (Å²) in [6.45, 7) is 5.07. The molecular weight excluding hydrogens is 333 g/mol. The van der Waals surface area contributed by atoms with Crippen molar-refractivity contribution in [2.75, 3.05) is 31.1 Å². The van der Waals surface area contributed by atoms with E-state index in [9.17, 15) is 4.39 Å². The topological polar surface area (TPSA) is 19.4 Å². The van der Waals surface area contributed by atoms with Gasteiger partial charge in [0.15, 0.2) is 5.13 Å². The molecule has 0 unspecified atom stereocenters. The van der Waals surface area contributed by atoms with E-state index in [2.05, 4.69) is 45.5 Å². The van der Waals surface area contributed by atoms with E-state index >= 15 is 0 Å². The Morgan fingerprint density at radius 2 is 1.64 bits per heavy atom. The zero-order valence-electron chi connectivity index (χ0n) is 13.9. The fourth-order valence-corrected chi connectivity index (χ4v) is 3.99. The van der Waals surface area contributed by atoms with Gasteiger partial charge in [-0.05, 0) is 29.8 Å². The molecule has 2 aromatic carbocycles. The molecule has 4 rings (SSSR count).